The van der Waals surface area contributed by atoms with Crippen LogP contribution in [0.3, 0.4) is 0 Å². The van der Waals surface area contributed by atoms with Gasteiger partial charge in [0.1, 0.15) is 0 Å². The Morgan fingerprint density at radius 3 is 2.67 bits per heavy atom. The first-order chi connectivity index (χ1) is 8.39. The standard InChI is InChI=1S/C11H14N2O4S/c1-18(16,17)13-6-8(9(7-13)11(14)15)10-4-2-3-5-12-10/h2-5,8-9H,6-7H2,1H3,(H,14,15)/t8-,9+/m0/s1. The molecule has 18 heavy (non-hydrogen) atoms. The third-order valence-electron chi connectivity index (χ3n) is 3.14. The highest BCUT2D eigenvalue weighted by atomic mass is 32.2. The number of rotatable bonds is 3. The summed E-state index contributed by atoms with van der Waals surface area (Å²) in [5.41, 5.74) is 0.621. The summed E-state index contributed by atoms with van der Waals surface area (Å²) in [5, 5.41) is 9.18. The van der Waals surface area contributed by atoms with Gasteiger partial charge in [-0.3, -0.25) is 9.78 Å². The molecular formula is C11H14N2O4S. The van der Waals surface area contributed by atoms with Gasteiger partial charge in [0.15, 0.2) is 0 Å². The molecule has 0 unspecified atom stereocenters. The van der Waals surface area contributed by atoms with Crippen LogP contribution in [-0.2, 0) is 14.8 Å². The van der Waals surface area contributed by atoms with E-state index < -0.39 is 27.8 Å². The summed E-state index contributed by atoms with van der Waals surface area (Å²) in [4.78, 5) is 15.3. The van der Waals surface area contributed by atoms with Gasteiger partial charge in [0.2, 0.25) is 10.0 Å². The van der Waals surface area contributed by atoms with Crippen LogP contribution in [0.15, 0.2) is 24.4 Å². The minimum atomic E-state index is -3.37. The molecule has 6 nitrogen and oxygen atoms in total. The number of pyridine rings is 1. The molecule has 1 aliphatic rings. The van der Waals surface area contributed by atoms with E-state index in [0.29, 0.717) is 5.69 Å². The van der Waals surface area contributed by atoms with Crippen molar-refractivity contribution in [1.29, 1.82) is 0 Å². The lowest BCUT2D eigenvalue weighted by atomic mass is 9.93. The fourth-order valence-electron chi connectivity index (χ4n) is 2.18. The number of aliphatic carboxylic acids is 1. The molecule has 1 N–H and O–H groups in total. The molecule has 1 fully saturated rings. The lowest BCUT2D eigenvalue weighted by Gasteiger charge is -2.13. The van der Waals surface area contributed by atoms with Gasteiger partial charge in [-0.25, -0.2) is 12.7 Å². The summed E-state index contributed by atoms with van der Waals surface area (Å²) in [5.74, 6) is -2.12. The molecule has 2 atom stereocenters. The smallest absolute Gasteiger partial charge is 0.308 e. The lowest BCUT2D eigenvalue weighted by Crippen LogP contribution is -2.28. The third-order valence-corrected chi connectivity index (χ3v) is 4.38. The van der Waals surface area contributed by atoms with Crippen LogP contribution in [0.2, 0.25) is 0 Å². The van der Waals surface area contributed by atoms with Gasteiger partial charge in [0.05, 0.1) is 12.2 Å². The zero-order valence-corrected chi connectivity index (χ0v) is 10.7. The zero-order chi connectivity index (χ0) is 13.3. The number of carboxylic acid groups (broad SMARTS) is 1. The Morgan fingerprint density at radius 2 is 2.17 bits per heavy atom. The molecule has 98 valence electrons. The average molecular weight is 270 g/mol. The van der Waals surface area contributed by atoms with Gasteiger partial charge in [-0.2, -0.15) is 0 Å². The van der Waals surface area contributed by atoms with Gasteiger partial charge in [0.25, 0.3) is 0 Å². The Balaban J connectivity index is 2.32. The molecule has 1 aromatic rings. The molecule has 0 aliphatic carbocycles. The number of sulfonamides is 1. The Labute approximate surface area is 105 Å². The highest BCUT2D eigenvalue weighted by molar-refractivity contribution is 7.88. The molecule has 0 amide bonds. The minimum absolute atomic E-state index is 0.00933. The average Bonchev–Trinajstić information content (AvgIpc) is 2.74. The Morgan fingerprint density at radius 1 is 1.44 bits per heavy atom. The summed E-state index contributed by atoms with van der Waals surface area (Å²) < 4.78 is 24.2. The molecule has 1 aliphatic heterocycles. The molecule has 2 rings (SSSR count). The first-order valence-electron chi connectivity index (χ1n) is 5.48. The van der Waals surface area contributed by atoms with Crippen molar-refractivity contribution in [2.45, 2.75) is 5.92 Å². The predicted molar refractivity (Wildman–Crippen MR) is 64.5 cm³/mol. The quantitative estimate of drug-likeness (QED) is 0.844. The summed E-state index contributed by atoms with van der Waals surface area (Å²) in [7, 11) is -3.37. The second-order valence-electron chi connectivity index (χ2n) is 4.39. The fraction of sp³-hybridized carbons (Fsp3) is 0.455. The van der Waals surface area contributed by atoms with Crippen LogP contribution in [-0.4, -0.2) is 48.1 Å². The number of aromatic nitrogens is 1. The van der Waals surface area contributed by atoms with Crippen LogP contribution >= 0.6 is 0 Å². The number of nitrogens with zero attached hydrogens (tertiary/aromatic N) is 2. The maximum absolute atomic E-state index is 11.5. The molecule has 0 radical (unpaired) electrons. The van der Waals surface area contributed by atoms with Crippen LogP contribution in [0.4, 0.5) is 0 Å². The second kappa shape index (κ2) is 4.66. The number of hydrogen-bond acceptors (Lipinski definition) is 4. The fourth-order valence-corrected chi connectivity index (χ4v) is 3.05. The topological polar surface area (TPSA) is 87.6 Å². The van der Waals surface area contributed by atoms with Crippen LogP contribution in [0.1, 0.15) is 11.6 Å². The van der Waals surface area contributed by atoms with Gasteiger partial charge in [-0.15, -0.1) is 0 Å². The van der Waals surface area contributed by atoms with Crippen molar-refractivity contribution in [3.8, 4) is 0 Å². The second-order valence-corrected chi connectivity index (χ2v) is 6.37. The summed E-state index contributed by atoms with van der Waals surface area (Å²) in [6, 6.07) is 5.24. The SMILES string of the molecule is CS(=O)(=O)N1C[C@H](c2ccccn2)[C@H](C(=O)O)C1. The Bertz CT molecular complexity index is 543. The van der Waals surface area contributed by atoms with E-state index in [1.54, 1.807) is 24.4 Å². The molecular weight excluding hydrogens is 256 g/mol. The zero-order valence-electron chi connectivity index (χ0n) is 9.85. The molecule has 0 saturated carbocycles. The molecule has 0 spiro atoms. The van der Waals surface area contributed by atoms with Crippen LogP contribution in [0.25, 0.3) is 0 Å². The highest BCUT2D eigenvalue weighted by Crippen LogP contribution is 2.32. The molecule has 1 saturated heterocycles. The summed E-state index contributed by atoms with van der Waals surface area (Å²) in [6.07, 6.45) is 2.67. The van der Waals surface area contributed by atoms with Crippen molar-refractivity contribution in [3.05, 3.63) is 30.1 Å². The minimum Gasteiger partial charge on any atom is -0.481 e. The number of carbonyl (C=O) groups is 1. The molecule has 2 heterocycles. The van der Waals surface area contributed by atoms with E-state index >= 15 is 0 Å². The molecule has 1 aromatic heterocycles. The van der Waals surface area contributed by atoms with Crippen LogP contribution in [0, 0.1) is 5.92 Å². The Kier molecular flexibility index (Phi) is 3.36. The van der Waals surface area contributed by atoms with Gasteiger partial charge in [0, 0.05) is 30.9 Å². The van der Waals surface area contributed by atoms with E-state index in [0.717, 1.165) is 6.26 Å². The van der Waals surface area contributed by atoms with E-state index in [9.17, 15) is 18.3 Å². The van der Waals surface area contributed by atoms with Crippen LogP contribution in [0.5, 0.6) is 0 Å². The summed E-state index contributed by atoms with van der Waals surface area (Å²) in [6.45, 7) is 0.183. The molecule has 0 bridgehead atoms. The highest BCUT2D eigenvalue weighted by Gasteiger charge is 2.42. The normalized spacial score (nSPS) is 25.2. The predicted octanol–water partition coefficient (Wildman–Crippen LogP) is 0.141. The first-order valence-corrected chi connectivity index (χ1v) is 7.33. The van der Waals surface area contributed by atoms with Crippen molar-refractivity contribution in [3.63, 3.8) is 0 Å². The van der Waals surface area contributed by atoms with E-state index in [2.05, 4.69) is 4.98 Å². The van der Waals surface area contributed by atoms with Crippen LogP contribution < -0.4 is 0 Å². The molecule has 7 heteroatoms. The Hall–Kier alpha value is -1.47. The molecule has 0 aromatic carbocycles. The van der Waals surface area contributed by atoms with E-state index in [1.165, 1.54) is 4.31 Å². The van der Waals surface area contributed by atoms with Crippen molar-refractivity contribution in [2.24, 2.45) is 5.92 Å². The lowest BCUT2D eigenvalue weighted by molar-refractivity contribution is -0.141. The maximum Gasteiger partial charge on any atom is 0.308 e. The van der Waals surface area contributed by atoms with Crippen molar-refractivity contribution < 1.29 is 18.3 Å². The van der Waals surface area contributed by atoms with Gasteiger partial charge in [-0.05, 0) is 12.1 Å². The van der Waals surface area contributed by atoms with Gasteiger partial charge < -0.3 is 5.11 Å². The number of carboxylic acids is 1. The first kappa shape index (κ1) is 13.0. The van der Waals surface area contributed by atoms with E-state index in [-0.39, 0.29) is 13.1 Å². The van der Waals surface area contributed by atoms with Crippen molar-refractivity contribution in [2.75, 3.05) is 19.3 Å². The number of hydrogen-bond donors (Lipinski definition) is 1. The van der Waals surface area contributed by atoms with E-state index in [4.69, 9.17) is 0 Å². The van der Waals surface area contributed by atoms with Crippen molar-refractivity contribution >= 4 is 16.0 Å². The van der Waals surface area contributed by atoms with Gasteiger partial charge >= 0.3 is 5.97 Å². The largest absolute Gasteiger partial charge is 0.481 e. The monoisotopic (exact) mass is 270 g/mol. The summed E-state index contributed by atoms with van der Waals surface area (Å²) >= 11 is 0. The van der Waals surface area contributed by atoms with Crippen molar-refractivity contribution in [1.82, 2.24) is 9.29 Å². The third kappa shape index (κ3) is 2.51. The van der Waals surface area contributed by atoms with Gasteiger partial charge in [-0.1, -0.05) is 6.07 Å². The van der Waals surface area contributed by atoms with E-state index in [1.807, 2.05) is 0 Å². The maximum atomic E-state index is 11.5.